The van der Waals surface area contributed by atoms with Crippen LogP contribution in [0, 0.1) is 0 Å². The van der Waals surface area contributed by atoms with Gasteiger partial charge in [-0.2, -0.15) is 0 Å². The molecule has 0 fully saturated rings. The first-order valence-corrected chi connectivity index (χ1v) is 6.96. The minimum Gasteiger partial charge on any atom is -0.508 e. The zero-order valence-corrected chi connectivity index (χ0v) is 12.4. The van der Waals surface area contributed by atoms with Crippen molar-refractivity contribution in [3.8, 4) is 11.5 Å². The van der Waals surface area contributed by atoms with Crippen molar-refractivity contribution in [2.24, 2.45) is 0 Å². The van der Waals surface area contributed by atoms with Crippen molar-refractivity contribution in [3.05, 3.63) is 72.3 Å². The Hall–Kier alpha value is -3.08. The highest BCUT2D eigenvalue weighted by atomic mass is 16.6. The van der Waals surface area contributed by atoms with Crippen molar-refractivity contribution in [1.29, 1.82) is 0 Å². The minimum atomic E-state index is -0.497. The van der Waals surface area contributed by atoms with Crippen molar-refractivity contribution in [3.63, 3.8) is 0 Å². The maximum absolute atomic E-state index is 12.2. The molecule has 2 aromatic carbocycles. The second-order valence-corrected chi connectivity index (χ2v) is 4.62. The van der Waals surface area contributed by atoms with E-state index in [9.17, 15) is 14.7 Å². The smallest absolute Gasteiger partial charge is 0.330 e. The lowest BCUT2D eigenvalue weighted by Gasteiger charge is -2.07. The molecule has 2 rings (SSSR count). The van der Waals surface area contributed by atoms with Crippen LogP contribution in [0.1, 0.15) is 15.9 Å². The van der Waals surface area contributed by atoms with Gasteiger partial charge in [0.1, 0.15) is 24.7 Å². The lowest BCUT2D eigenvalue weighted by atomic mass is 10.0. The molecule has 0 aromatic heterocycles. The summed E-state index contributed by atoms with van der Waals surface area (Å²) in [5, 5.41) is 9.23. The Morgan fingerprint density at radius 2 is 1.52 bits per heavy atom. The zero-order valence-electron chi connectivity index (χ0n) is 12.4. The third kappa shape index (κ3) is 4.71. The minimum absolute atomic E-state index is 0.113. The second-order valence-electron chi connectivity index (χ2n) is 4.62. The fourth-order valence-electron chi connectivity index (χ4n) is 1.84. The predicted molar refractivity (Wildman–Crippen MR) is 84.6 cm³/mol. The van der Waals surface area contributed by atoms with E-state index < -0.39 is 5.97 Å². The first kappa shape index (κ1) is 16.3. The molecule has 0 heterocycles. The summed E-state index contributed by atoms with van der Waals surface area (Å²) < 4.78 is 10.2. The Bertz CT molecular complexity index is 686. The van der Waals surface area contributed by atoms with Crippen LogP contribution < -0.4 is 4.74 Å². The van der Waals surface area contributed by atoms with Crippen molar-refractivity contribution >= 4 is 11.8 Å². The van der Waals surface area contributed by atoms with Crippen molar-refractivity contribution in [2.75, 3.05) is 13.2 Å². The maximum Gasteiger partial charge on any atom is 0.330 e. The summed E-state index contributed by atoms with van der Waals surface area (Å²) in [7, 11) is 0. The highest BCUT2D eigenvalue weighted by molar-refractivity contribution is 6.09. The summed E-state index contributed by atoms with van der Waals surface area (Å²) in [4.78, 5) is 23.1. The van der Waals surface area contributed by atoms with Gasteiger partial charge in [-0.05, 0) is 48.5 Å². The maximum atomic E-state index is 12.2. The Morgan fingerprint density at radius 1 is 0.957 bits per heavy atom. The van der Waals surface area contributed by atoms with Gasteiger partial charge in [0.05, 0.1) is 0 Å². The second kappa shape index (κ2) is 7.79. The molecule has 0 saturated carbocycles. The molecule has 0 radical (unpaired) electrons. The van der Waals surface area contributed by atoms with Crippen molar-refractivity contribution in [2.45, 2.75) is 0 Å². The molecule has 5 heteroatoms. The van der Waals surface area contributed by atoms with Gasteiger partial charge < -0.3 is 14.6 Å². The molecule has 0 unspecified atom stereocenters. The Morgan fingerprint density at radius 3 is 2.09 bits per heavy atom. The van der Waals surface area contributed by atoms with Crippen LogP contribution in [0.2, 0.25) is 0 Å². The number of ketones is 1. The van der Waals surface area contributed by atoms with E-state index in [2.05, 4.69) is 6.58 Å². The van der Waals surface area contributed by atoms with Crippen LogP contribution in [0.5, 0.6) is 11.5 Å². The summed E-state index contributed by atoms with van der Waals surface area (Å²) in [5.74, 6) is 0.0456. The molecule has 0 bridgehead atoms. The van der Waals surface area contributed by atoms with Crippen LogP contribution >= 0.6 is 0 Å². The fourth-order valence-corrected chi connectivity index (χ4v) is 1.84. The number of aromatic hydroxyl groups is 1. The van der Waals surface area contributed by atoms with Gasteiger partial charge >= 0.3 is 5.97 Å². The van der Waals surface area contributed by atoms with Crippen molar-refractivity contribution < 1.29 is 24.2 Å². The molecule has 0 aliphatic rings. The van der Waals surface area contributed by atoms with E-state index in [1.54, 1.807) is 36.4 Å². The summed E-state index contributed by atoms with van der Waals surface area (Å²) in [5.41, 5.74) is 1.01. The number of hydrogen-bond acceptors (Lipinski definition) is 5. The molecule has 0 amide bonds. The van der Waals surface area contributed by atoms with E-state index >= 15 is 0 Å². The molecule has 1 N–H and O–H groups in total. The Labute approximate surface area is 133 Å². The average Bonchev–Trinajstić information content (AvgIpc) is 2.59. The first-order chi connectivity index (χ1) is 11.1. The lowest BCUT2D eigenvalue weighted by Crippen LogP contribution is -2.10. The summed E-state index contributed by atoms with van der Waals surface area (Å²) >= 11 is 0. The number of rotatable bonds is 7. The van der Waals surface area contributed by atoms with Gasteiger partial charge in [0, 0.05) is 17.2 Å². The predicted octanol–water partition coefficient (Wildman–Crippen LogP) is 2.73. The van der Waals surface area contributed by atoms with Gasteiger partial charge in [-0.1, -0.05) is 6.58 Å². The number of phenols is 1. The quantitative estimate of drug-likeness (QED) is 0.368. The van der Waals surface area contributed by atoms with Crippen LogP contribution in [0.4, 0.5) is 0 Å². The molecule has 0 saturated heterocycles. The molecular formula is C18H16O5. The molecule has 0 aliphatic carbocycles. The molecule has 118 valence electrons. The van der Waals surface area contributed by atoms with Crippen LogP contribution in [-0.2, 0) is 9.53 Å². The molecule has 0 atom stereocenters. The number of benzene rings is 2. The fraction of sp³-hybridized carbons (Fsp3) is 0.111. The average molecular weight is 312 g/mol. The van der Waals surface area contributed by atoms with Crippen LogP contribution in [-0.4, -0.2) is 30.1 Å². The lowest BCUT2D eigenvalue weighted by molar-refractivity contribution is -0.138. The van der Waals surface area contributed by atoms with Crippen molar-refractivity contribution in [1.82, 2.24) is 0 Å². The molecule has 23 heavy (non-hydrogen) atoms. The summed E-state index contributed by atoms with van der Waals surface area (Å²) in [6, 6.07) is 12.7. The van der Waals surface area contributed by atoms with E-state index in [4.69, 9.17) is 9.47 Å². The molecule has 0 spiro atoms. The largest absolute Gasteiger partial charge is 0.508 e. The number of esters is 1. The molecular weight excluding hydrogens is 296 g/mol. The standard InChI is InChI=1S/C18H16O5/c1-2-17(20)23-12-11-22-16-9-5-14(6-10-16)18(21)13-3-7-15(19)8-4-13/h2-10,19H,1,11-12H2. The normalized spacial score (nSPS) is 9.91. The first-order valence-electron chi connectivity index (χ1n) is 6.96. The van der Waals surface area contributed by atoms with Gasteiger partial charge in [-0.15, -0.1) is 0 Å². The van der Waals surface area contributed by atoms with Gasteiger partial charge in [0.25, 0.3) is 0 Å². The van der Waals surface area contributed by atoms with E-state index in [0.29, 0.717) is 16.9 Å². The van der Waals surface area contributed by atoms with Gasteiger partial charge in [-0.3, -0.25) is 4.79 Å². The van der Waals surface area contributed by atoms with Gasteiger partial charge in [0.15, 0.2) is 5.78 Å². The Balaban J connectivity index is 1.91. The van der Waals surface area contributed by atoms with Gasteiger partial charge in [-0.25, -0.2) is 4.79 Å². The van der Waals surface area contributed by atoms with Gasteiger partial charge in [0.2, 0.25) is 0 Å². The number of carbonyl (C=O) groups is 2. The topological polar surface area (TPSA) is 72.8 Å². The molecule has 5 nitrogen and oxygen atoms in total. The van der Waals surface area contributed by atoms with E-state index in [1.165, 1.54) is 12.1 Å². The third-order valence-electron chi connectivity index (χ3n) is 3.01. The highest BCUT2D eigenvalue weighted by Crippen LogP contribution is 2.17. The number of carbonyl (C=O) groups excluding carboxylic acids is 2. The summed E-state index contributed by atoms with van der Waals surface area (Å²) in [6.07, 6.45) is 1.09. The zero-order chi connectivity index (χ0) is 16.7. The van der Waals surface area contributed by atoms with Crippen LogP contribution in [0.3, 0.4) is 0 Å². The van der Waals surface area contributed by atoms with Crippen LogP contribution in [0.25, 0.3) is 0 Å². The SMILES string of the molecule is C=CC(=O)OCCOc1ccc(C(=O)c2ccc(O)cc2)cc1. The highest BCUT2D eigenvalue weighted by Gasteiger charge is 2.09. The number of ether oxygens (including phenoxy) is 2. The van der Waals surface area contributed by atoms with E-state index in [0.717, 1.165) is 6.08 Å². The number of phenolic OH excluding ortho intramolecular Hbond substituents is 1. The summed E-state index contributed by atoms with van der Waals surface area (Å²) in [6.45, 7) is 3.63. The molecule has 0 aliphatic heterocycles. The van der Waals surface area contributed by atoms with E-state index in [1.807, 2.05) is 0 Å². The Kier molecular flexibility index (Phi) is 5.52. The monoisotopic (exact) mass is 312 g/mol. The van der Waals surface area contributed by atoms with E-state index in [-0.39, 0.29) is 24.7 Å². The van der Waals surface area contributed by atoms with Crippen LogP contribution in [0.15, 0.2) is 61.2 Å². The number of hydrogen-bond donors (Lipinski definition) is 1. The third-order valence-corrected chi connectivity index (χ3v) is 3.01. The molecule has 2 aromatic rings.